The minimum Gasteiger partial charge on any atom is -0.465 e. The predicted molar refractivity (Wildman–Crippen MR) is 197 cm³/mol. The van der Waals surface area contributed by atoms with Crippen LogP contribution >= 0.6 is 11.9 Å². The van der Waals surface area contributed by atoms with E-state index in [1.165, 1.54) is 116 Å². The lowest BCUT2D eigenvalue weighted by Gasteiger charge is -2.31. The maximum absolute atomic E-state index is 12.6. The van der Waals surface area contributed by atoms with Crippen LogP contribution in [-0.2, 0) is 18.6 Å². The van der Waals surface area contributed by atoms with Gasteiger partial charge in [0, 0.05) is 38.5 Å². The zero-order valence-electron chi connectivity index (χ0n) is 30.8. The Balaban J connectivity index is 2.34. The van der Waals surface area contributed by atoms with Crippen LogP contribution in [0.15, 0.2) is 0 Å². The van der Waals surface area contributed by atoms with Crippen molar-refractivity contribution < 1.29 is 23.7 Å². The molecule has 0 aliphatic heterocycles. The topological polar surface area (TPSA) is 79.3 Å². The second-order valence-electron chi connectivity index (χ2n) is 14.3. The van der Waals surface area contributed by atoms with Gasteiger partial charge in [-0.15, -0.1) is 0 Å². The summed E-state index contributed by atoms with van der Waals surface area (Å²) in [4.78, 5) is 28.9. The summed E-state index contributed by atoms with van der Waals surface area (Å²) in [5, 5.41) is 9.70. The quantitative estimate of drug-likeness (QED) is 0.0533. The first-order valence-corrected chi connectivity index (χ1v) is 20.4. The number of hydrogen-bond donors (Lipinski definition) is 1. The summed E-state index contributed by atoms with van der Waals surface area (Å²) in [7, 11) is 0. The number of esters is 1. The van der Waals surface area contributed by atoms with Gasteiger partial charge in [-0.2, -0.15) is 0 Å². The van der Waals surface area contributed by atoms with Gasteiger partial charge >= 0.3 is 11.9 Å². The van der Waals surface area contributed by atoms with Crippen LogP contribution in [0, 0.1) is 5.92 Å². The van der Waals surface area contributed by atoms with E-state index in [1.54, 1.807) is 0 Å². The van der Waals surface area contributed by atoms with Gasteiger partial charge < -0.3 is 14.1 Å². The molecule has 1 saturated carbocycles. The van der Waals surface area contributed by atoms with E-state index >= 15 is 0 Å². The molecule has 1 aliphatic carbocycles. The molecule has 0 aromatic heterocycles. The third-order valence-corrected chi connectivity index (χ3v) is 10.3. The molecule has 0 aromatic rings. The summed E-state index contributed by atoms with van der Waals surface area (Å²) in [6, 6.07) is 0.654. The Morgan fingerprint density at radius 1 is 0.660 bits per heavy atom. The van der Waals surface area contributed by atoms with Gasteiger partial charge in [-0.25, -0.2) is 0 Å². The van der Waals surface area contributed by atoms with Crippen molar-refractivity contribution in [2.75, 3.05) is 45.9 Å². The van der Waals surface area contributed by atoms with Crippen LogP contribution < -0.4 is 0 Å². The van der Waals surface area contributed by atoms with Gasteiger partial charge in [0.25, 0.3) is 0 Å². The summed E-state index contributed by atoms with van der Waals surface area (Å²) in [6.45, 7) is 9.97. The monoisotopic (exact) mass is 687 g/mol. The molecule has 0 unspecified atom stereocenters. The molecule has 0 amide bonds. The predicted octanol–water partition coefficient (Wildman–Crippen LogP) is 10.0. The zero-order chi connectivity index (χ0) is 34.2. The first-order valence-electron chi connectivity index (χ1n) is 20.1. The van der Waals surface area contributed by atoms with E-state index in [1.807, 2.05) is 0 Å². The Bertz CT molecular complexity index is 705. The molecular formula is C39H75ClN2O5. The number of aliphatic hydroxyl groups is 1. The highest BCUT2D eigenvalue weighted by Gasteiger charge is 2.22. The van der Waals surface area contributed by atoms with E-state index in [2.05, 4.69) is 27.9 Å². The summed E-state index contributed by atoms with van der Waals surface area (Å²) < 4.78 is 10.1. The third-order valence-electron chi connectivity index (χ3n) is 10.1. The Hall–Kier alpha value is -0.890. The lowest BCUT2D eigenvalue weighted by atomic mass is 9.94. The number of ether oxygens (including phenoxy) is 1. The van der Waals surface area contributed by atoms with Gasteiger partial charge in [-0.3, -0.25) is 19.4 Å². The minimum absolute atomic E-state index is 0.0279. The largest absolute Gasteiger partial charge is 0.465 e. The first kappa shape index (κ1) is 44.1. The van der Waals surface area contributed by atoms with Crippen molar-refractivity contribution in [1.29, 1.82) is 0 Å². The van der Waals surface area contributed by atoms with Crippen molar-refractivity contribution in [2.45, 2.75) is 187 Å². The Morgan fingerprint density at radius 3 is 1.77 bits per heavy atom. The average Bonchev–Trinajstić information content (AvgIpc) is 3.62. The van der Waals surface area contributed by atoms with Gasteiger partial charge in [-0.1, -0.05) is 117 Å². The fraction of sp³-hybridized carbons (Fsp3) is 0.949. The van der Waals surface area contributed by atoms with Crippen molar-refractivity contribution >= 4 is 23.8 Å². The molecule has 0 aromatic carbocycles. The molecule has 8 heteroatoms. The second-order valence-corrected chi connectivity index (χ2v) is 14.4. The molecule has 1 aliphatic rings. The number of rotatable bonds is 34. The van der Waals surface area contributed by atoms with Crippen LogP contribution in [0.25, 0.3) is 0 Å². The minimum atomic E-state index is -0.345. The molecular weight excluding hydrogens is 612 g/mol. The molecule has 1 N–H and O–H groups in total. The molecule has 278 valence electrons. The molecule has 1 rings (SSSR count). The van der Waals surface area contributed by atoms with Gasteiger partial charge in [-0.05, 0) is 70.4 Å². The van der Waals surface area contributed by atoms with Crippen LogP contribution in [0.2, 0.25) is 0 Å². The van der Waals surface area contributed by atoms with Crippen molar-refractivity contribution in [1.82, 2.24) is 9.80 Å². The molecule has 7 nitrogen and oxygen atoms in total. The Labute approximate surface area is 295 Å². The van der Waals surface area contributed by atoms with Crippen molar-refractivity contribution in [3.05, 3.63) is 0 Å². The van der Waals surface area contributed by atoms with Crippen molar-refractivity contribution in [3.8, 4) is 0 Å². The first-order chi connectivity index (χ1) is 23.0. The fourth-order valence-electron chi connectivity index (χ4n) is 7.09. The SMILES string of the molecule is CCCCCCCCC(CCCCCCCC)COC(=O)CCCCCN(CCO)CCN(CCCCCC(=O)OCl)C1CCCC1. The van der Waals surface area contributed by atoms with Crippen LogP contribution in [0.5, 0.6) is 0 Å². The number of aliphatic hydroxyl groups excluding tert-OH is 1. The van der Waals surface area contributed by atoms with E-state index in [0.29, 0.717) is 38.0 Å². The summed E-state index contributed by atoms with van der Waals surface area (Å²) in [5.41, 5.74) is 0. The number of carbonyl (C=O) groups is 2. The molecule has 1 fully saturated rings. The molecule has 0 spiro atoms. The van der Waals surface area contributed by atoms with Crippen LogP contribution in [0.4, 0.5) is 0 Å². The van der Waals surface area contributed by atoms with E-state index in [4.69, 9.17) is 16.6 Å². The molecule has 0 heterocycles. The highest BCUT2D eigenvalue weighted by Crippen LogP contribution is 2.24. The van der Waals surface area contributed by atoms with E-state index in [-0.39, 0.29) is 18.5 Å². The summed E-state index contributed by atoms with van der Waals surface area (Å²) in [5.74, 6) is 0.142. The van der Waals surface area contributed by atoms with Gasteiger partial charge in [0.05, 0.1) is 13.2 Å². The molecule has 47 heavy (non-hydrogen) atoms. The summed E-state index contributed by atoms with van der Waals surface area (Å²) in [6.07, 6.45) is 30.0. The smallest absolute Gasteiger partial charge is 0.324 e. The molecule has 0 bridgehead atoms. The van der Waals surface area contributed by atoms with Crippen LogP contribution in [0.3, 0.4) is 0 Å². The number of carbonyl (C=O) groups excluding carboxylic acids is 2. The lowest BCUT2D eigenvalue weighted by molar-refractivity contribution is -0.145. The highest BCUT2D eigenvalue weighted by molar-refractivity contribution is 6.13. The molecule has 0 atom stereocenters. The second kappa shape index (κ2) is 32.3. The van der Waals surface area contributed by atoms with E-state index in [0.717, 1.165) is 64.7 Å². The lowest BCUT2D eigenvalue weighted by Crippen LogP contribution is -2.41. The van der Waals surface area contributed by atoms with Crippen LogP contribution in [0.1, 0.15) is 181 Å². The highest BCUT2D eigenvalue weighted by atomic mass is 35.5. The maximum Gasteiger partial charge on any atom is 0.324 e. The van der Waals surface area contributed by atoms with E-state index in [9.17, 15) is 14.7 Å². The fourth-order valence-corrected chi connectivity index (χ4v) is 7.17. The zero-order valence-corrected chi connectivity index (χ0v) is 31.6. The normalized spacial score (nSPS) is 13.8. The number of hydrogen-bond acceptors (Lipinski definition) is 7. The van der Waals surface area contributed by atoms with E-state index < -0.39 is 0 Å². The van der Waals surface area contributed by atoms with Gasteiger partial charge in [0.15, 0.2) is 0 Å². The van der Waals surface area contributed by atoms with Crippen LogP contribution in [-0.4, -0.2) is 78.8 Å². The standard InChI is InChI=1S/C39H75ClN2O5/c1-3-5-7-9-11-15-23-36(24-16-12-10-8-6-4-2)35-46-38(44)27-17-13-21-29-41(33-34-43)31-32-42(37-25-19-20-26-37)30-22-14-18-28-39(45)47-40/h36-37,43H,3-35H2,1-2H3. The number of halogens is 1. The van der Waals surface area contributed by atoms with Gasteiger partial charge in [0.2, 0.25) is 0 Å². The van der Waals surface area contributed by atoms with Crippen molar-refractivity contribution in [3.63, 3.8) is 0 Å². The summed E-state index contributed by atoms with van der Waals surface area (Å²) >= 11 is 5.14. The Kier molecular flexibility index (Phi) is 30.3. The average molecular weight is 687 g/mol. The number of nitrogens with zero attached hydrogens (tertiary/aromatic N) is 2. The third kappa shape index (κ3) is 25.7. The molecule has 0 saturated heterocycles. The maximum atomic E-state index is 12.6. The Morgan fingerprint density at radius 2 is 1.19 bits per heavy atom. The number of unbranched alkanes of at least 4 members (excludes halogenated alkanes) is 14. The van der Waals surface area contributed by atoms with Gasteiger partial charge in [0.1, 0.15) is 11.9 Å². The molecule has 0 radical (unpaired) electrons. The van der Waals surface area contributed by atoms with Crippen molar-refractivity contribution in [2.24, 2.45) is 5.92 Å².